The summed E-state index contributed by atoms with van der Waals surface area (Å²) in [6.07, 6.45) is 13.9. The average Bonchev–Trinajstić information content (AvgIpc) is 1.64. The quantitative estimate of drug-likeness (QED) is 0.0466. The zero-order valence-electron chi connectivity index (χ0n) is 67.4. The van der Waals surface area contributed by atoms with Crippen LogP contribution < -0.4 is 16.2 Å². The molecule has 4 aliphatic rings. The normalized spacial score (nSPS) is 15.2. The lowest BCUT2D eigenvalue weighted by atomic mass is 9.77. The number of pyridine rings is 6. The maximum Gasteiger partial charge on any atom is 0.494 e. The first kappa shape index (κ1) is 96.4. The van der Waals surface area contributed by atoms with Gasteiger partial charge in [0.25, 0.3) is 11.8 Å². The van der Waals surface area contributed by atoms with Crippen LogP contribution in [0.5, 0.6) is 0 Å². The number of carbonyl (C=O) groups is 4. The molecule has 0 unspecified atom stereocenters. The van der Waals surface area contributed by atoms with E-state index in [0.29, 0.717) is 93.5 Å². The van der Waals surface area contributed by atoms with Crippen LogP contribution in [0.15, 0.2) is 187 Å². The van der Waals surface area contributed by atoms with Crippen LogP contribution in [0.2, 0.25) is 35.5 Å². The van der Waals surface area contributed by atoms with Crippen molar-refractivity contribution in [3.63, 3.8) is 0 Å². The van der Waals surface area contributed by atoms with Gasteiger partial charge in [-0.05, 0) is 223 Å². The zero-order valence-corrected chi connectivity index (χ0v) is 74.3. The van der Waals surface area contributed by atoms with Crippen molar-refractivity contribution in [2.45, 2.75) is 148 Å². The van der Waals surface area contributed by atoms with Gasteiger partial charge >= 0.3 is 26.2 Å². The van der Waals surface area contributed by atoms with E-state index in [0.717, 1.165) is 91.9 Å². The number of aromatic nitrogens is 6. The van der Waals surface area contributed by atoms with Crippen molar-refractivity contribution >= 4 is 146 Å². The highest BCUT2D eigenvalue weighted by Crippen LogP contribution is 2.38. The number of likely N-dealkylation sites (tertiary alicyclic amines) is 2. The summed E-state index contributed by atoms with van der Waals surface area (Å²) >= 11 is 45.0. The lowest BCUT2D eigenvalue weighted by Crippen LogP contribution is -2.41. The van der Waals surface area contributed by atoms with E-state index in [1.165, 1.54) is 30.3 Å². The molecule has 14 rings (SSSR count). The molecule has 0 spiro atoms. The maximum atomic E-state index is 12.8. The summed E-state index contributed by atoms with van der Waals surface area (Å²) in [6, 6.07) is 41.5. The zero-order chi connectivity index (χ0) is 87.3. The van der Waals surface area contributed by atoms with Crippen molar-refractivity contribution in [3.05, 3.63) is 256 Å². The minimum absolute atomic E-state index is 0.00870. The second-order valence-electron chi connectivity index (χ2n) is 31.3. The van der Waals surface area contributed by atoms with Crippen LogP contribution in [-0.4, -0.2) is 182 Å². The van der Waals surface area contributed by atoms with Gasteiger partial charge in [-0.15, -0.1) is 0 Å². The molecule has 22 nitrogen and oxygen atoms in total. The highest BCUT2D eigenvalue weighted by Gasteiger charge is 2.52. The number of piperidine rings is 3. The van der Waals surface area contributed by atoms with Crippen LogP contribution in [0.25, 0.3) is 44.6 Å². The Labute approximate surface area is 738 Å². The van der Waals surface area contributed by atoms with E-state index in [4.69, 9.17) is 116 Å². The Morgan fingerprint density at radius 2 is 0.807 bits per heavy atom. The molecule has 4 fully saturated rings. The number of aliphatic hydroxyl groups excluding tert-OH is 3. The first-order valence-corrected chi connectivity index (χ1v) is 41.6. The number of aromatic carboxylic acids is 2. The molecule has 0 aliphatic carbocycles. The van der Waals surface area contributed by atoms with E-state index < -0.39 is 19.1 Å². The van der Waals surface area contributed by atoms with Crippen LogP contribution in [-0.2, 0) is 20.1 Å². The molecule has 0 bridgehead atoms. The van der Waals surface area contributed by atoms with Gasteiger partial charge in [0.1, 0.15) is 15.5 Å². The van der Waals surface area contributed by atoms with Crippen molar-refractivity contribution < 1.29 is 64.1 Å². The van der Waals surface area contributed by atoms with Crippen LogP contribution in [0.4, 0.5) is 0 Å². The fraction of sp³-hybridized carbons (Fsp3) is 0.333. The first-order valence-electron chi connectivity index (χ1n) is 38.2. The number of amides is 2. The summed E-state index contributed by atoms with van der Waals surface area (Å²) in [5, 5.41) is 68.8. The Morgan fingerprint density at radius 1 is 0.445 bits per heavy atom. The monoisotopic (exact) mass is 1820 g/mol. The molecule has 10 aromatic rings. The van der Waals surface area contributed by atoms with Crippen LogP contribution in [0.3, 0.4) is 0 Å². The Balaban J connectivity index is 0.000000181. The molecule has 0 radical (unpaired) electrons. The van der Waals surface area contributed by atoms with E-state index >= 15 is 0 Å². The molecule has 4 saturated heterocycles. The summed E-state index contributed by atoms with van der Waals surface area (Å²) in [4.78, 5) is 75.2. The van der Waals surface area contributed by atoms with E-state index in [-0.39, 0.29) is 80.9 Å². The highest BCUT2D eigenvalue weighted by molar-refractivity contribution is 9.10. The molecular formula is C87H95B2BrCl7N9O13. The molecule has 32 heteroatoms. The number of hydrogen-bond donors (Lipinski definition) is 8. The number of benzene rings is 4. The van der Waals surface area contributed by atoms with Crippen LogP contribution in [0, 0.1) is 0 Å². The minimum Gasteiger partial charge on any atom is -0.478 e. The van der Waals surface area contributed by atoms with Gasteiger partial charge in [0, 0.05) is 149 Å². The highest BCUT2D eigenvalue weighted by atomic mass is 79.9. The lowest BCUT2D eigenvalue weighted by molar-refractivity contribution is 0.00578. The third-order valence-corrected chi connectivity index (χ3v) is 22.1. The minimum atomic E-state index is -1.68. The number of nitrogens with one attached hydrogen (secondary N) is 1. The van der Waals surface area contributed by atoms with Gasteiger partial charge in [-0.1, -0.05) is 163 Å². The molecule has 2 amide bonds. The molecule has 628 valence electrons. The van der Waals surface area contributed by atoms with Gasteiger partial charge in [0.05, 0.1) is 46.3 Å². The maximum absolute atomic E-state index is 12.8. The van der Waals surface area contributed by atoms with E-state index in [9.17, 15) is 29.4 Å². The number of nitrogens with zero attached hydrogens (tertiary/aromatic N) is 8. The summed E-state index contributed by atoms with van der Waals surface area (Å²) in [5.41, 5.74) is 10.7. The smallest absolute Gasteiger partial charge is 0.478 e. The number of halogens is 8. The number of aliphatic hydroxyl groups is 3. The van der Waals surface area contributed by atoms with Gasteiger partial charge in [0.2, 0.25) is 0 Å². The van der Waals surface area contributed by atoms with Crippen LogP contribution in [0.1, 0.15) is 161 Å². The second-order valence-corrected chi connectivity index (χ2v) is 35.0. The number of hydrogen-bond acceptors (Lipinski definition) is 18. The van der Waals surface area contributed by atoms with E-state index in [1.807, 2.05) is 67.0 Å². The third-order valence-electron chi connectivity index (χ3n) is 19.7. The summed E-state index contributed by atoms with van der Waals surface area (Å²) in [6.45, 7) is 25.4. The third kappa shape index (κ3) is 28.8. The summed E-state index contributed by atoms with van der Waals surface area (Å²) in [5.74, 6) is -2.22. The fourth-order valence-electron chi connectivity index (χ4n) is 12.1. The predicted octanol–water partition coefficient (Wildman–Crippen LogP) is 17.4. The number of carboxylic acid groups (broad SMARTS) is 2. The molecule has 119 heavy (non-hydrogen) atoms. The molecule has 0 atom stereocenters. The van der Waals surface area contributed by atoms with Gasteiger partial charge in [-0.3, -0.25) is 24.5 Å². The van der Waals surface area contributed by atoms with Crippen molar-refractivity contribution in [2.24, 2.45) is 0 Å². The Kier molecular flexibility index (Phi) is 35.8. The molecule has 4 aliphatic heterocycles. The SMILES string of the molecule is CC(C)(C)c1cc(-c2cc(-c3ccc(C(=O)N4CCC(O)CC4)cc3Cl)ccn2)ccn1.CC(C)(C)c1cc(B2OC(C)(C)C(C)(C)O2)ccn1.Clc1cc(Br)ccn1.O=C(O)c1ccc(-c2ccnc(Cl)c2)c(Cl)c1.O=C(O)c1ccc(B(O)O)c(Cl)c1.O=C(c1ccc(-c2ccnc(Cl)c2)c(Cl)c1)N1CCC(O)CC1.OC1CCNCC1. The van der Waals surface area contributed by atoms with Gasteiger partial charge in [0.15, 0.2) is 0 Å². The number of rotatable bonds is 10. The fourth-order valence-corrected chi connectivity index (χ4v) is 14.2. The van der Waals surface area contributed by atoms with Crippen molar-refractivity contribution in [1.82, 2.24) is 45.0 Å². The number of carboxylic acids is 2. The first-order chi connectivity index (χ1) is 56.1. The van der Waals surface area contributed by atoms with Crippen LogP contribution >= 0.6 is 97.1 Å². The second kappa shape index (κ2) is 44.2. The Morgan fingerprint density at radius 3 is 1.18 bits per heavy atom. The predicted molar refractivity (Wildman–Crippen MR) is 477 cm³/mol. The van der Waals surface area contributed by atoms with Gasteiger partial charge < -0.3 is 60.0 Å². The summed E-state index contributed by atoms with van der Waals surface area (Å²) in [7, 11) is -2.00. The lowest BCUT2D eigenvalue weighted by Gasteiger charge is -2.32. The van der Waals surface area contributed by atoms with Crippen molar-refractivity contribution in [1.29, 1.82) is 0 Å². The van der Waals surface area contributed by atoms with Gasteiger partial charge in [-0.25, -0.2) is 24.5 Å². The number of carbonyl (C=O) groups excluding carboxylic acids is 2. The Bertz CT molecular complexity index is 5090. The topological polar surface area (TPSA) is 324 Å². The standard InChI is InChI=1S/C26H28ClN3O2.C17H16Cl2N2O2.C15H24BNO2.C12H7Cl2NO2.C7H6BClO4.C5H3BrClN.C5H11NO/c1-26(2,3)24-16-18(7-11-29-24)23-15-17(6-10-28-23)21-5-4-19(14-22(21)27)25(32)30-12-8-20(31)9-13-30;18-15-9-12(17(23)21-7-4-13(22)5-8-21)1-2-14(15)11-3-6-20-16(19)10-11;1-13(2,3)12-10-11(8-9-17-12)16-18-14(4,5)15(6,7)19-16;13-10-5-8(12(16)17)1-2-9(10)7-3-4-15-11(14)6-7;9-6-3-4(7(10)11)1-2-5(6)8(12)13;6-4-1-2-8-5(7)3-4;7-5-1-3-6-4-2-5/h4-7,10-11,14-16,20,31H,8-9,12-13H2,1-3H3;1-3,6,9-10,13,22H,4-5,7-8H2;8-10H,1-7H3;1-6H,(H,16,17);1-3,12-13H,(H,10,11);1-3H;5-7H,1-4H2. The van der Waals surface area contributed by atoms with E-state index in [2.05, 4.69) is 133 Å². The van der Waals surface area contributed by atoms with Gasteiger partial charge in [-0.2, -0.15) is 0 Å². The molecule has 0 saturated carbocycles. The van der Waals surface area contributed by atoms with E-state index in [1.54, 1.807) is 83.1 Å². The largest absolute Gasteiger partial charge is 0.494 e. The molecule has 4 aromatic carbocycles. The van der Waals surface area contributed by atoms with Crippen molar-refractivity contribution in [2.75, 3.05) is 39.3 Å². The Hall–Kier alpha value is -8.02. The average molecular weight is 1820 g/mol. The van der Waals surface area contributed by atoms with Crippen molar-refractivity contribution in [3.8, 4) is 44.6 Å². The summed E-state index contributed by atoms with van der Waals surface area (Å²) < 4.78 is 13.1. The molecule has 10 heterocycles. The molecular weight excluding hydrogens is 1730 g/mol. The molecule has 8 N–H and O–H groups in total. The molecule has 6 aromatic heterocycles.